The summed E-state index contributed by atoms with van der Waals surface area (Å²) in [6.07, 6.45) is -0.211. The first-order chi connectivity index (χ1) is 14.8. The van der Waals surface area contributed by atoms with E-state index in [2.05, 4.69) is 0 Å². The zero-order valence-electron chi connectivity index (χ0n) is 17.5. The van der Waals surface area contributed by atoms with E-state index < -0.39 is 21.9 Å². The van der Waals surface area contributed by atoms with Gasteiger partial charge in [-0.1, -0.05) is 23.7 Å². The predicted octanol–water partition coefficient (Wildman–Crippen LogP) is 3.31. The molecule has 1 aliphatic heterocycles. The number of benzene rings is 2. The normalized spacial score (nSPS) is 18.5. The van der Waals surface area contributed by atoms with Crippen LogP contribution in [0.15, 0.2) is 53.4 Å². The molecule has 0 saturated carbocycles. The molecule has 31 heavy (non-hydrogen) atoms. The van der Waals surface area contributed by atoms with Crippen LogP contribution in [0.4, 0.5) is 4.39 Å². The Balaban J connectivity index is 1.49. The predicted molar refractivity (Wildman–Crippen MR) is 118 cm³/mol. The fourth-order valence-electron chi connectivity index (χ4n) is 3.56. The maximum Gasteiger partial charge on any atom is 0.243 e. The molecule has 1 saturated heterocycles. The largest absolute Gasteiger partial charge is 0.389 e. The van der Waals surface area contributed by atoms with Gasteiger partial charge in [-0.05, 0) is 61.9 Å². The average Bonchev–Trinajstić information content (AvgIpc) is 2.99. The van der Waals surface area contributed by atoms with Gasteiger partial charge in [-0.2, -0.15) is 4.31 Å². The first kappa shape index (κ1) is 24.1. The highest BCUT2D eigenvalue weighted by Gasteiger charge is 2.27. The molecule has 1 aliphatic rings. The van der Waals surface area contributed by atoms with Crippen LogP contribution >= 0.6 is 11.6 Å². The molecular formula is C22H28ClFN2O4S. The Morgan fingerprint density at radius 3 is 2.42 bits per heavy atom. The first-order valence-electron chi connectivity index (χ1n) is 10.3. The Labute approximate surface area is 188 Å². The maximum absolute atomic E-state index is 13.1. The highest BCUT2D eigenvalue weighted by molar-refractivity contribution is 7.89. The summed E-state index contributed by atoms with van der Waals surface area (Å²) in [7, 11) is -3.67. The van der Waals surface area contributed by atoms with Crippen LogP contribution < -0.4 is 0 Å². The van der Waals surface area contributed by atoms with Gasteiger partial charge in [0.2, 0.25) is 10.0 Å². The lowest BCUT2D eigenvalue weighted by atomic mass is 10.1. The van der Waals surface area contributed by atoms with Crippen molar-refractivity contribution in [3.8, 4) is 0 Å². The third-order valence-corrected chi connectivity index (χ3v) is 7.51. The molecule has 2 atom stereocenters. The van der Waals surface area contributed by atoms with Crippen LogP contribution in [0.3, 0.4) is 0 Å². The van der Waals surface area contributed by atoms with Gasteiger partial charge in [-0.15, -0.1) is 0 Å². The van der Waals surface area contributed by atoms with Crippen LogP contribution in [-0.2, 0) is 14.8 Å². The molecule has 0 aromatic heterocycles. The number of rotatable bonds is 8. The second kappa shape index (κ2) is 10.8. The van der Waals surface area contributed by atoms with Crippen LogP contribution in [0.2, 0.25) is 5.02 Å². The van der Waals surface area contributed by atoms with Crippen molar-refractivity contribution in [2.75, 3.05) is 39.3 Å². The minimum Gasteiger partial charge on any atom is -0.389 e. The highest BCUT2D eigenvalue weighted by atomic mass is 35.5. The topological polar surface area (TPSA) is 70.1 Å². The molecule has 3 rings (SSSR count). The van der Waals surface area contributed by atoms with Crippen LogP contribution in [0.25, 0.3) is 0 Å². The number of aliphatic hydroxyl groups excluding tert-OH is 1. The van der Waals surface area contributed by atoms with E-state index in [1.165, 1.54) is 16.4 Å². The summed E-state index contributed by atoms with van der Waals surface area (Å²) in [5, 5.41) is 11.1. The van der Waals surface area contributed by atoms with Crippen molar-refractivity contribution in [2.24, 2.45) is 0 Å². The van der Waals surface area contributed by atoms with Crippen LogP contribution in [0, 0.1) is 5.82 Å². The molecule has 2 aromatic rings. The SMILES string of the molecule is CC(OCC(O)CN1CCCN(S(=O)(=O)c2ccc(F)cc2)CC1)c1ccc(Cl)cc1. The average molecular weight is 471 g/mol. The Kier molecular flexibility index (Phi) is 8.43. The van der Waals surface area contributed by atoms with Gasteiger partial charge in [0.1, 0.15) is 5.82 Å². The van der Waals surface area contributed by atoms with Gasteiger partial charge in [0.05, 0.1) is 23.7 Å². The Hall–Kier alpha value is -1.55. The third-order valence-electron chi connectivity index (χ3n) is 5.35. The van der Waals surface area contributed by atoms with Crippen LogP contribution in [0.5, 0.6) is 0 Å². The fraction of sp³-hybridized carbons (Fsp3) is 0.455. The second-order valence-corrected chi connectivity index (χ2v) is 10.1. The summed E-state index contributed by atoms with van der Waals surface area (Å²) in [5.74, 6) is -0.470. The monoisotopic (exact) mass is 470 g/mol. The fourth-order valence-corrected chi connectivity index (χ4v) is 5.16. The number of β-amino-alcohol motifs (C(OH)–C–C–N with tert-alkyl or cyclic N) is 1. The maximum atomic E-state index is 13.1. The van der Waals surface area contributed by atoms with E-state index in [-0.39, 0.29) is 17.6 Å². The molecule has 0 amide bonds. The highest BCUT2D eigenvalue weighted by Crippen LogP contribution is 2.20. The van der Waals surface area contributed by atoms with E-state index in [9.17, 15) is 17.9 Å². The lowest BCUT2D eigenvalue weighted by molar-refractivity contribution is -0.0151. The van der Waals surface area contributed by atoms with E-state index in [0.29, 0.717) is 44.2 Å². The van der Waals surface area contributed by atoms with Gasteiger partial charge < -0.3 is 9.84 Å². The van der Waals surface area contributed by atoms with Crippen LogP contribution in [0.1, 0.15) is 25.0 Å². The standard InChI is InChI=1S/C22H28ClFN2O4S/c1-17(18-3-5-19(23)6-4-18)30-16-21(27)15-25-11-2-12-26(14-13-25)31(28,29)22-9-7-20(24)8-10-22/h3-10,17,21,27H,2,11-16H2,1H3. The molecule has 2 unspecified atom stereocenters. The summed E-state index contributed by atoms with van der Waals surface area (Å²) < 4.78 is 46.0. The molecule has 1 heterocycles. The summed E-state index contributed by atoms with van der Waals surface area (Å²) >= 11 is 5.90. The zero-order valence-corrected chi connectivity index (χ0v) is 19.0. The Morgan fingerprint density at radius 1 is 1.06 bits per heavy atom. The molecule has 0 spiro atoms. The zero-order chi connectivity index (χ0) is 22.4. The van der Waals surface area contributed by atoms with E-state index in [4.69, 9.17) is 16.3 Å². The minimum atomic E-state index is -3.67. The smallest absolute Gasteiger partial charge is 0.243 e. The van der Waals surface area contributed by atoms with Crippen molar-refractivity contribution in [2.45, 2.75) is 30.4 Å². The molecule has 0 radical (unpaired) electrons. The van der Waals surface area contributed by atoms with E-state index >= 15 is 0 Å². The molecule has 170 valence electrons. The molecule has 6 nitrogen and oxygen atoms in total. The number of halogens is 2. The molecule has 1 N–H and O–H groups in total. The summed E-state index contributed by atoms with van der Waals surface area (Å²) in [6, 6.07) is 12.3. The van der Waals surface area contributed by atoms with Gasteiger partial charge in [0.25, 0.3) is 0 Å². The molecule has 0 bridgehead atoms. The number of ether oxygens (including phenoxy) is 1. The minimum absolute atomic E-state index is 0.0898. The number of aliphatic hydroxyl groups is 1. The number of hydrogen-bond donors (Lipinski definition) is 1. The van der Waals surface area contributed by atoms with Crippen molar-refractivity contribution in [3.63, 3.8) is 0 Å². The van der Waals surface area contributed by atoms with Gasteiger partial charge in [0.15, 0.2) is 0 Å². The van der Waals surface area contributed by atoms with Gasteiger partial charge >= 0.3 is 0 Å². The number of sulfonamides is 1. The summed E-state index contributed by atoms with van der Waals surface area (Å²) in [6.45, 7) is 4.38. The first-order valence-corrected chi connectivity index (χ1v) is 12.1. The molecule has 0 aliphatic carbocycles. The van der Waals surface area contributed by atoms with Gasteiger partial charge in [0, 0.05) is 31.2 Å². The van der Waals surface area contributed by atoms with E-state index in [1.54, 1.807) is 12.1 Å². The summed E-state index contributed by atoms with van der Waals surface area (Å²) in [4.78, 5) is 2.13. The second-order valence-electron chi connectivity index (χ2n) is 7.69. The lowest BCUT2D eigenvalue weighted by Crippen LogP contribution is -2.39. The van der Waals surface area contributed by atoms with Crippen molar-refractivity contribution in [1.29, 1.82) is 0 Å². The van der Waals surface area contributed by atoms with Gasteiger partial charge in [-0.25, -0.2) is 12.8 Å². The molecular weight excluding hydrogens is 443 g/mol. The molecule has 2 aromatic carbocycles. The van der Waals surface area contributed by atoms with Crippen molar-refractivity contribution >= 4 is 21.6 Å². The summed E-state index contributed by atoms with van der Waals surface area (Å²) in [5.41, 5.74) is 0.980. The van der Waals surface area contributed by atoms with E-state index in [1.807, 2.05) is 24.0 Å². The van der Waals surface area contributed by atoms with E-state index in [0.717, 1.165) is 17.7 Å². The number of nitrogens with zero attached hydrogens (tertiary/aromatic N) is 2. The lowest BCUT2D eigenvalue weighted by Gasteiger charge is -2.24. The van der Waals surface area contributed by atoms with Gasteiger partial charge in [-0.3, -0.25) is 4.90 Å². The molecule has 1 fully saturated rings. The number of hydrogen-bond acceptors (Lipinski definition) is 5. The Morgan fingerprint density at radius 2 is 1.74 bits per heavy atom. The van der Waals surface area contributed by atoms with Crippen LogP contribution in [-0.4, -0.2) is 68.2 Å². The third kappa shape index (κ3) is 6.71. The quantitative estimate of drug-likeness (QED) is 0.641. The molecule has 9 heteroatoms. The Bertz CT molecular complexity index is 941. The van der Waals surface area contributed by atoms with Crippen molar-refractivity contribution in [3.05, 3.63) is 64.9 Å². The van der Waals surface area contributed by atoms with Crippen molar-refractivity contribution in [1.82, 2.24) is 9.21 Å². The van der Waals surface area contributed by atoms with Crippen molar-refractivity contribution < 1.29 is 22.7 Å².